The summed E-state index contributed by atoms with van der Waals surface area (Å²) in [6, 6.07) is 0.875. The van der Waals surface area contributed by atoms with Crippen LogP contribution in [0.2, 0.25) is 0 Å². The summed E-state index contributed by atoms with van der Waals surface area (Å²) in [5.41, 5.74) is 0. The summed E-state index contributed by atoms with van der Waals surface area (Å²) in [7, 11) is 0. The standard InChI is InChI=1S/C14H27ClN2/c15-8-3-1-2-4-9-16-12-7-14(13-16)17-10-5-6-11-17/h14H,1-13H2. The van der Waals surface area contributed by atoms with E-state index in [-0.39, 0.29) is 0 Å². The van der Waals surface area contributed by atoms with Crippen molar-refractivity contribution in [2.24, 2.45) is 0 Å². The Balaban J connectivity index is 1.54. The van der Waals surface area contributed by atoms with Gasteiger partial charge in [-0.3, -0.25) is 4.90 Å². The zero-order chi connectivity index (χ0) is 11.9. The Bertz CT molecular complexity index is 204. The lowest BCUT2D eigenvalue weighted by Gasteiger charge is -2.23. The third-order valence-corrected chi connectivity index (χ3v) is 4.53. The number of alkyl halides is 1. The maximum absolute atomic E-state index is 5.68. The Morgan fingerprint density at radius 3 is 2.47 bits per heavy atom. The molecule has 0 aromatic heterocycles. The van der Waals surface area contributed by atoms with Gasteiger partial charge in [0.2, 0.25) is 0 Å². The minimum atomic E-state index is 0.834. The van der Waals surface area contributed by atoms with Gasteiger partial charge in [-0.2, -0.15) is 0 Å². The second-order valence-corrected chi connectivity index (χ2v) is 5.97. The summed E-state index contributed by atoms with van der Waals surface area (Å²) in [5, 5.41) is 0. The van der Waals surface area contributed by atoms with E-state index in [0.29, 0.717) is 0 Å². The maximum atomic E-state index is 5.68. The first kappa shape index (κ1) is 13.6. The average Bonchev–Trinajstić information content (AvgIpc) is 2.99. The van der Waals surface area contributed by atoms with Crippen molar-refractivity contribution in [1.29, 1.82) is 0 Å². The van der Waals surface area contributed by atoms with Crippen LogP contribution >= 0.6 is 11.6 Å². The molecule has 0 spiro atoms. The van der Waals surface area contributed by atoms with Crippen molar-refractivity contribution >= 4 is 11.6 Å². The molecule has 2 rings (SSSR count). The molecule has 2 aliphatic rings. The molecule has 0 amide bonds. The molecule has 2 aliphatic heterocycles. The highest BCUT2D eigenvalue weighted by Gasteiger charge is 2.28. The molecule has 2 fully saturated rings. The van der Waals surface area contributed by atoms with Gasteiger partial charge in [0, 0.05) is 18.5 Å². The lowest BCUT2D eigenvalue weighted by Crippen LogP contribution is -2.35. The molecule has 0 aromatic carbocycles. The minimum absolute atomic E-state index is 0.834. The SMILES string of the molecule is ClCCCCCCN1CCC(N2CCCC2)C1. The zero-order valence-corrected chi connectivity index (χ0v) is 11.8. The van der Waals surface area contributed by atoms with Crippen LogP contribution in [0.5, 0.6) is 0 Å². The van der Waals surface area contributed by atoms with Gasteiger partial charge >= 0.3 is 0 Å². The molecule has 0 aliphatic carbocycles. The Kier molecular flexibility index (Phi) is 6.10. The third-order valence-electron chi connectivity index (χ3n) is 4.26. The summed E-state index contributed by atoms with van der Waals surface area (Å²) >= 11 is 5.68. The number of likely N-dealkylation sites (tertiary alicyclic amines) is 2. The van der Waals surface area contributed by atoms with Gasteiger partial charge in [-0.25, -0.2) is 0 Å². The topological polar surface area (TPSA) is 6.48 Å². The molecular formula is C14H27ClN2. The fourth-order valence-electron chi connectivity index (χ4n) is 3.20. The third kappa shape index (κ3) is 4.42. The largest absolute Gasteiger partial charge is 0.302 e. The summed E-state index contributed by atoms with van der Waals surface area (Å²) in [5.74, 6) is 0.834. The van der Waals surface area contributed by atoms with Gasteiger partial charge in [-0.15, -0.1) is 11.6 Å². The lowest BCUT2D eigenvalue weighted by molar-refractivity contribution is 0.231. The molecule has 0 N–H and O–H groups in total. The monoisotopic (exact) mass is 258 g/mol. The van der Waals surface area contributed by atoms with E-state index < -0.39 is 0 Å². The number of hydrogen-bond acceptors (Lipinski definition) is 2. The summed E-state index contributed by atoms with van der Waals surface area (Å²) in [6.45, 7) is 6.68. The van der Waals surface area contributed by atoms with Crippen molar-refractivity contribution < 1.29 is 0 Å². The lowest BCUT2D eigenvalue weighted by atomic mass is 10.2. The van der Waals surface area contributed by atoms with E-state index in [2.05, 4.69) is 9.80 Å². The average molecular weight is 259 g/mol. The minimum Gasteiger partial charge on any atom is -0.302 e. The maximum Gasteiger partial charge on any atom is 0.0235 e. The van der Waals surface area contributed by atoms with E-state index >= 15 is 0 Å². The van der Waals surface area contributed by atoms with Crippen molar-refractivity contribution in [2.75, 3.05) is 38.6 Å². The van der Waals surface area contributed by atoms with Gasteiger partial charge in [-0.05, 0) is 58.3 Å². The van der Waals surface area contributed by atoms with Crippen LogP contribution in [0.25, 0.3) is 0 Å². The van der Waals surface area contributed by atoms with Crippen molar-refractivity contribution in [3.8, 4) is 0 Å². The fourth-order valence-corrected chi connectivity index (χ4v) is 3.39. The highest BCUT2D eigenvalue weighted by molar-refractivity contribution is 6.17. The summed E-state index contributed by atoms with van der Waals surface area (Å²) < 4.78 is 0. The summed E-state index contributed by atoms with van der Waals surface area (Å²) in [6.07, 6.45) is 9.48. The van der Waals surface area contributed by atoms with Crippen molar-refractivity contribution in [2.45, 2.75) is 51.0 Å². The number of nitrogens with zero attached hydrogens (tertiary/aromatic N) is 2. The Morgan fingerprint density at radius 2 is 1.71 bits per heavy atom. The van der Waals surface area contributed by atoms with Gasteiger partial charge in [-0.1, -0.05) is 12.8 Å². The normalized spacial score (nSPS) is 27.0. The molecule has 2 saturated heterocycles. The number of hydrogen-bond donors (Lipinski definition) is 0. The Morgan fingerprint density at radius 1 is 0.941 bits per heavy atom. The quantitative estimate of drug-likeness (QED) is 0.512. The van der Waals surface area contributed by atoms with Gasteiger partial charge in [0.05, 0.1) is 0 Å². The van der Waals surface area contributed by atoms with E-state index in [1.54, 1.807) is 0 Å². The smallest absolute Gasteiger partial charge is 0.0235 e. The molecule has 1 atom stereocenters. The summed E-state index contributed by atoms with van der Waals surface area (Å²) in [4.78, 5) is 5.39. The van der Waals surface area contributed by atoms with Crippen LogP contribution in [-0.4, -0.2) is 54.4 Å². The first-order valence-electron chi connectivity index (χ1n) is 7.42. The highest BCUT2D eigenvalue weighted by Crippen LogP contribution is 2.20. The van der Waals surface area contributed by atoms with Crippen LogP contribution in [0.15, 0.2) is 0 Å². The second-order valence-electron chi connectivity index (χ2n) is 5.59. The second kappa shape index (κ2) is 7.60. The molecule has 0 aromatic rings. The first-order valence-corrected chi connectivity index (χ1v) is 7.96. The molecular weight excluding hydrogens is 232 g/mol. The molecule has 0 bridgehead atoms. The zero-order valence-electron chi connectivity index (χ0n) is 11.0. The predicted molar refractivity (Wildman–Crippen MR) is 74.8 cm³/mol. The van der Waals surface area contributed by atoms with E-state index in [4.69, 9.17) is 11.6 Å². The van der Waals surface area contributed by atoms with Crippen LogP contribution < -0.4 is 0 Å². The molecule has 3 heteroatoms. The van der Waals surface area contributed by atoms with Gasteiger partial charge in [0.25, 0.3) is 0 Å². The molecule has 2 nitrogen and oxygen atoms in total. The number of rotatable bonds is 7. The van der Waals surface area contributed by atoms with Crippen LogP contribution in [0.3, 0.4) is 0 Å². The van der Waals surface area contributed by atoms with Gasteiger partial charge in [0.1, 0.15) is 0 Å². The van der Waals surface area contributed by atoms with E-state index in [1.807, 2.05) is 0 Å². The van der Waals surface area contributed by atoms with Crippen LogP contribution in [0.4, 0.5) is 0 Å². The molecule has 0 saturated carbocycles. The Labute approximate surface area is 111 Å². The molecule has 1 unspecified atom stereocenters. The predicted octanol–water partition coefficient (Wildman–Crippen LogP) is 2.96. The van der Waals surface area contributed by atoms with Crippen molar-refractivity contribution in [1.82, 2.24) is 9.80 Å². The van der Waals surface area contributed by atoms with Crippen molar-refractivity contribution in [3.63, 3.8) is 0 Å². The molecule has 0 radical (unpaired) electrons. The van der Waals surface area contributed by atoms with Crippen molar-refractivity contribution in [3.05, 3.63) is 0 Å². The van der Waals surface area contributed by atoms with E-state index in [0.717, 1.165) is 11.9 Å². The first-order chi connectivity index (χ1) is 8.40. The van der Waals surface area contributed by atoms with Crippen LogP contribution in [0.1, 0.15) is 44.9 Å². The van der Waals surface area contributed by atoms with E-state index in [9.17, 15) is 0 Å². The molecule has 17 heavy (non-hydrogen) atoms. The van der Waals surface area contributed by atoms with Gasteiger partial charge < -0.3 is 4.90 Å². The van der Waals surface area contributed by atoms with Gasteiger partial charge in [0.15, 0.2) is 0 Å². The molecule has 2 heterocycles. The highest BCUT2D eigenvalue weighted by atomic mass is 35.5. The van der Waals surface area contributed by atoms with Crippen LogP contribution in [-0.2, 0) is 0 Å². The van der Waals surface area contributed by atoms with Crippen LogP contribution in [0, 0.1) is 0 Å². The van der Waals surface area contributed by atoms with E-state index in [1.165, 1.54) is 77.7 Å². The fraction of sp³-hybridized carbons (Fsp3) is 1.00. The number of halogens is 1. The molecule has 100 valence electrons. The number of unbranched alkanes of at least 4 members (excludes halogenated alkanes) is 3. The Hall–Kier alpha value is 0.210.